The molecule has 1 aliphatic carbocycles. The second-order valence-corrected chi connectivity index (χ2v) is 5.43. The van der Waals surface area contributed by atoms with Crippen LogP contribution in [0.4, 0.5) is 13.3 Å². The van der Waals surface area contributed by atoms with Gasteiger partial charge in [0.2, 0.25) is 0 Å². The summed E-state index contributed by atoms with van der Waals surface area (Å²) in [4.78, 5) is 14.2. The standard InChI is InChI=1S/C17H13F3O3/c18-14-6-11(12-8-13(12)17(21)23-20)7-15(19)16(14)22-9-10-4-2-1-3-5-10/h1-7,12-13H,8-9H2. The van der Waals surface area contributed by atoms with Gasteiger partial charge in [0.15, 0.2) is 17.4 Å². The molecule has 1 fully saturated rings. The van der Waals surface area contributed by atoms with Crippen LogP contribution >= 0.6 is 0 Å². The summed E-state index contributed by atoms with van der Waals surface area (Å²) in [6.45, 7) is 0.0360. The number of hydrogen-bond donors (Lipinski definition) is 0. The predicted octanol–water partition coefficient (Wildman–Crippen LogP) is 4.08. The molecule has 0 heterocycles. The molecule has 3 rings (SSSR count). The van der Waals surface area contributed by atoms with Crippen molar-refractivity contribution in [3.8, 4) is 5.75 Å². The second-order valence-electron chi connectivity index (χ2n) is 5.43. The third-order valence-electron chi connectivity index (χ3n) is 3.84. The Morgan fingerprint density at radius 1 is 1.13 bits per heavy atom. The summed E-state index contributed by atoms with van der Waals surface area (Å²) in [5.41, 5.74) is 1.07. The van der Waals surface area contributed by atoms with E-state index in [1.807, 2.05) is 6.07 Å². The van der Waals surface area contributed by atoms with Gasteiger partial charge in [-0.3, -0.25) is 4.94 Å². The van der Waals surface area contributed by atoms with Crippen LogP contribution < -0.4 is 4.74 Å². The number of hydrogen-bond acceptors (Lipinski definition) is 3. The molecule has 0 radical (unpaired) electrons. The third-order valence-corrected chi connectivity index (χ3v) is 3.84. The largest absolute Gasteiger partial charge is 0.483 e. The Bertz CT molecular complexity index is 695. The van der Waals surface area contributed by atoms with Gasteiger partial charge < -0.3 is 4.74 Å². The van der Waals surface area contributed by atoms with Gasteiger partial charge in [0.25, 0.3) is 0 Å². The minimum Gasteiger partial charge on any atom is -0.483 e. The zero-order chi connectivity index (χ0) is 16.4. The Morgan fingerprint density at radius 2 is 1.78 bits per heavy atom. The first-order valence-corrected chi connectivity index (χ1v) is 7.08. The first kappa shape index (κ1) is 15.4. The topological polar surface area (TPSA) is 35.5 Å². The van der Waals surface area contributed by atoms with Gasteiger partial charge in [-0.05, 0) is 35.6 Å². The molecule has 2 aromatic rings. The predicted molar refractivity (Wildman–Crippen MR) is 75.2 cm³/mol. The van der Waals surface area contributed by atoms with Crippen LogP contribution in [0.1, 0.15) is 23.5 Å². The maximum absolute atomic E-state index is 14.1. The Hall–Kier alpha value is -2.50. The maximum atomic E-state index is 14.1. The molecule has 0 saturated heterocycles. The molecule has 2 unspecified atom stereocenters. The monoisotopic (exact) mass is 322 g/mol. The summed E-state index contributed by atoms with van der Waals surface area (Å²) in [5.74, 6) is -4.30. The van der Waals surface area contributed by atoms with Crippen molar-refractivity contribution in [1.82, 2.24) is 0 Å². The smallest absolute Gasteiger partial charge is 0.352 e. The van der Waals surface area contributed by atoms with Crippen molar-refractivity contribution in [3.05, 3.63) is 65.2 Å². The summed E-state index contributed by atoms with van der Waals surface area (Å²) in [7, 11) is 0. The third kappa shape index (κ3) is 3.31. The van der Waals surface area contributed by atoms with Crippen molar-refractivity contribution < 1.29 is 27.8 Å². The van der Waals surface area contributed by atoms with E-state index in [4.69, 9.17) is 4.74 Å². The number of halogens is 3. The summed E-state index contributed by atoms with van der Waals surface area (Å²) < 4.78 is 45.1. The van der Waals surface area contributed by atoms with Crippen LogP contribution in [-0.4, -0.2) is 5.97 Å². The van der Waals surface area contributed by atoms with Crippen molar-refractivity contribution in [2.75, 3.05) is 0 Å². The van der Waals surface area contributed by atoms with E-state index >= 15 is 0 Å². The van der Waals surface area contributed by atoms with Crippen molar-refractivity contribution in [3.63, 3.8) is 0 Å². The fraction of sp³-hybridized carbons (Fsp3) is 0.235. The van der Waals surface area contributed by atoms with Gasteiger partial charge in [-0.25, -0.2) is 13.6 Å². The number of carbonyl (C=O) groups is 1. The molecule has 0 N–H and O–H groups in total. The van der Waals surface area contributed by atoms with E-state index < -0.39 is 35.2 Å². The molecule has 23 heavy (non-hydrogen) atoms. The van der Waals surface area contributed by atoms with Gasteiger partial charge >= 0.3 is 5.97 Å². The lowest BCUT2D eigenvalue weighted by atomic mass is 10.1. The van der Waals surface area contributed by atoms with Crippen molar-refractivity contribution in [1.29, 1.82) is 0 Å². The van der Waals surface area contributed by atoms with E-state index in [1.165, 1.54) is 0 Å². The highest BCUT2D eigenvalue weighted by Crippen LogP contribution is 2.49. The Balaban J connectivity index is 1.72. The van der Waals surface area contributed by atoms with E-state index in [9.17, 15) is 18.1 Å². The molecule has 0 aliphatic heterocycles. The van der Waals surface area contributed by atoms with Crippen LogP contribution in [0.2, 0.25) is 0 Å². The van der Waals surface area contributed by atoms with Gasteiger partial charge in [0, 0.05) is 4.53 Å². The van der Waals surface area contributed by atoms with E-state index in [0.29, 0.717) is 12.0 Å². The second kappa shape index (κ2) is 6.32. The van der Waals surface area contributed by atoms with Crippen LogP contribution in [0.5, 0.6) is 5.75 Å². The Labute approximate surface area is 130 Å². The molecule has 0 spiro atoms. The molecule has 0 aromatic heterocycles. The molecule has 120 valence electrons. The molecule has 1 saturated carbocycles. The lowest BCUT2D eigenvalue weighted by Gasteiger charge is -2.10. The van der Waals surface area contributed by atoms with Gasteiger partial charge in [-0.15, -0.1) is 0 Å². The summed E-state index contributed by atoms with van der Waals surface area (Å²) in [5, 5.41) is 0. The Kier molecular flexibility index (Phi) is 4.23. The van der Waals surface area contributed by atoms with Crippen LogP contribution in [0.3, 0.4) is 0 Å². The van der Waals surface area contributed by atoms with Crippen LogP contribution in [0, 0.1) is 17.6 Å². The average molecular weight is 322 g/mol. The fourth-order valence-corrected chi connectivity index (χ4v) is 2.54. The fourth-order valence-electron chi connectivity index (χ4n) is 2.54. The zero-order valence-corrected chi connectivity index (χ0v) is 12.0. The molecule has 6 heteroatoms. The number of ether oxygens (including phenoxy) is 1. The van der Waals surface area contributed by atoms with Crippen LogP contribution in [0.15, 0.2) is 42.5 Å². The first-order chi connectivity index (χ1) is 11.1. The van der Waals surface area contributed by atoms with E-state index in [-0.39, 0.29) is 6.61 Å². The molecule has 1 aliphatic rings. The van der Waals surface area contributed by atoms with Gasteiger partial charge in [-0.1, -0.05) is 30.3 Å². The summed E-state index contributed by atoms with van der Waals surface area (Å²) in [6.07, 6.45) is 0.311. The van der Waals surface area contributed by atoms with Gasteiger partial charge in [0.05, 0.1) is 5.92 Å². The lowest BCUT2D eigenvalue weighted by molar-refractivity contribution is -0.185. The molecule has 3 nitrogen and oxygen atoms in total. The maximum Gasteiger partial charge on any atom is 0.352 e. The Morgan fingerprint density at radius 3 is 2.39 bits per heavy atom. The molecule has 2 aromatic carbocycles. The number of carbonyl (C=O) groups excluding carboxylic acids is 1. The molecule has 0 amide bonds. The molecule has 0 bridgehead atoms. The summed E-state index contributed by atoms with van der Waals surface area (Å²) in [6, 6.07) is 11.2. The molecular formula is C17H13F3O3. The quantitative estimate of drug-likeness (QED) is 0.832. The van der Waals surface area contributed by atoms with E-state index in [2.05, 4.69) is 4.94 Å². The van der Waals surface area contributed by atoms with Gasteiger partial charge in [0.1, 0.15) is 6.61 Å². The molecular weight excluding hydrogens is 309 g/mol. The zero-order valence-electron chi connectivity index (χ0n) is 12.0. The van der Waals surface area contributed by atoms with Crippen molar-refractivity contribution in [2.24, 2.45) is 5.92 Å². The van der Waals surface area contributed by atoms with E-state index in [1.54, 1.807) is 24.3 Å². The summed E-state index contributed by atoms with van der Waals surface area (Å²) >= 11 is 0. The number of benzene rings is 2. The minimum absolute atomic E-state index is 0.0360. The van der Waals surface area contributed by atoms with Gasteiger partial charge in [-0.2, -0.15) is 0 Å². The average Bonchev–Trinajstić information content (AvgIpc) is 3.35. The van der Waals surface area contributed by atoms with Crippen LogP contribution in [0.25, 0.3) is 0 Å². The van der Waals surface area contributed by atoms with Crippen molar-refractivity contribution >= 4 is 5.97 Å². The minimum atomic E-state index is -1.01. The first-order valence-electron chi connectivity index (χ1n) is 7.08. The normalized spacial score (nSPS) is 19.3. The molecule has 2 atom stereocenters. The van der Waals surface area contributed by atoms with Crippen LogP contribution in [-0.2, 0) is 16.3 Å². The SMILES string of the molecule is O=C(OF)C1CC1c1cc(F)c(OCc2ccccc2)c(F)c1. The van der Waals surface area contributed by atoms with E-state index in [0.717, 1.165) is 17.7 Å². The van der Waals surface area contributed by atoms with Crippen molar-refractivity contribution in [2.45, 2.75) is 18.9 Å². The highest BCUT2D eigenvalue weighted by atomic mass is 19.3. The lowest BCUT2D eigenvalue weighted by Crippen LogP contribution is -2.03. The highest BCUT2D eigenvalue weighted by Gasteiger charge is 2.46. The number of rotatable bonds is 5. The highest BCUT2D eigenvalue weighted by molar-refractivity contribution is 5.76.